The fraction of sp³-hybridized carbons (Fsp3) is 0. The monoisotopic (exact) mass is 274 g/mol. The maximum Gasteiger partial charge on any atom is 0.0725 e. The molecule has 0 N–H and O–H groups in total. The Morgan fingerprint density at radius 1 is 0.889 bits per heavy atom. The molecule has 18 heavy (non-hydrogen) atoms. The molecular formula is C14H8Cl2N2. The smallest absolute Gasteiger partial charge is 0.0725 e. The predicted octanol–water partition coefficient (Wildman–Crippen LogP) is 4.60. The summed E-state index contributed by atoms with van der Waals surface area (Å²) in [5, 5.41) is 2.17. The van der Waals surface area contributed by atoms with Crippen LogP contribution in [0.3, 0.4) is 0 Å². The van der Waals surface area contributed by atoms with Gasteiger partial charge in [0.25, 0.3) is 0 Å². The highest BCUT2D eigenvalue weighted by Gasteiger charge is 2.06. The molecule has 0 spiro atoms. The van der Waals surface area contributed by atoms with E-state index in [4.69, 9.17) is 23.2 Å². The quantitative estimate of drug-likeness (QED) is 0.648. The van der Waals surface area contributed by atoms with Crippen LogP contribution in [0.25, 0.3) is 22.2 Å². The summed E-state index contributed by atoms with van der Waals surface area (Å²) in [6, 6.07) is 11.1. The van der Waals surface area contributed by atoms with Crippen LogP contribution in [0.2, 0.25) is 10.0 Å². The first kappa shape index (κ1) is 11.5. The van der Waals surface area contributed by atoms with Gasteiger partial charge < -0.3 is 0 Å². The average Bonchev–Trinajstić information content (AvgIpc) is 2.40. The Kier molecular flexibility index (Phi) is 2.90. The summed E-state index contributed by atoms with van der Waals surface area (Å²) in [5.41, 5.74) is 2.65. The van der Waals surface area contributed by atoms with Crippen molar-refractivity contribution in [3.63, 3.8) is 0 Å². The van der Waals surface area contributed by atoms with E-state index in [1.54, 1.807) is 12.4 Å². The third-order valence-electron chi connectivity index (χ3n) is 2.70. The molecule has 0 aliphatic rings. The summed E-state index contributed by atoms with van der Waals surface area (Å²) in [6.45, 7) is 0. The number of fused-ring (bicyclic) bond motifs is 1. The second-order valence-corrected chi connectivity index (χ2v) is 4.73. The lowest BCUT2D eigenvalue weighted by Gasteiger charge is -2.05. The normalized spacial score (nSPS) is 10.8. The summed E-state index contributed by atoms with van der Waals surface area (Å²) in [7, 11) is 0. The minimum atomic E-state index is 0.648. The molecule has 0 saturated carbocycles. The summed E-state index contributed by atoms with van der Waals surface area (Å²) >= 11 is 12.2. The molecule has 4 heteroatoms. The molecule has 0 saturated heterocycles. The summed E-state index contributed by atoms with van der Waals surface area (Å²) in [4.78, 5) is 8.57. The molecule has 88 valence electrons. The van der Waals surface area contributed by atoms with Crippen molar-refractivity contribution >= 4 is 34.1 Å². The molecule has 0 amide bonds. The van der Waals surface area contributed by atoms with E-state index in [0.717, 1.165) is 22.2 Å². The van der Waals surface area contributed by atoms with Crippen molar-refractivity contribution in [3.05, 3.63) is 58.8 Å². The Labute approximate surface area is 114 Å². The van der Waals surface area contributed by atoms with Gasteiger partial charge in [0.1, 0.15) is 0 Å². The first-order chi connectivity index (χ1) is 8.74. The molecule has 2 aromatic heterocycles. The predicted molar refractivity (Wildman–Crippen MR) is 75.0 cm³/mol. The van der Waals surface area contributed by atoms with Crippen molar-refractivity contribution in [1.29, 1.82) is 0 Å². The van der Waals surface area contributed by atoms with E-state index in [1.165, 1.54) is 0 Å². The highest BCUT2D eigenvalue weighted by Crippen LogP contribution is 2.29. The standard InChI is InChI=1S/C14H8Cl2N2/c15-10-1-2-13-11(7-10)12(16)8-14(18-13)9-3-5-17-6-4-9/h1-8H. The summed E-state index contributed by atoms with van der Waals surface area (Å²) in [6.07, 6.45) is 3.47. The molecular weight excluding hydrogens is 267 g/mol. The zero-order valence-corrected chi connectivity index (χ0v) is 10.8. The molecule has 0 aliphatic carbocycles. The van der Waals surface area contributed by atoms with Gasteiger partial charge in [0.15, 0.2) is 0 Å². The second-order valence-electron chi connectivity index (χ2n) is 3.89. The van der Waals surface area contributed by atoms with Gasteiger partial charge in [0.2, 0.25) is 0 Å². The fourth-order valence-corrected chi connectivity index (χ4v) is 2.25. The largest absolute Gasteiger partial charge is 0.265 e. The zero-order valence-electron chi connectivity index (χ0n) is 9.27. The Bertz CT molecular complexity index is 712. The van der Waals surface area contributed by atoms with Crippen molar-refractivity contribution in [1.82, 2.24) is 9.97 Å². The van der Waals surface area contributed by atoms with Gasteiger partial charge >= 0.3 is 0 Å². The lowest BCUT2D eigenvalue weighted by Crippen LogP contribution is -1.87. The molecule has 0 unspecified atom stereocenters. The van der Waals surface area contributed by atoms with Crippen molar-refractivity contribution in [3.8, 4) is 11.3 Å². The van der Waals surface area contributed by atoms with E-state index >= 15 is 0 Å². The molecule has 2 heterocycles. The second kappa shape index (κ2) is 4.56. The molecule has 3 rings (SSSR count). The molecule has 0 aliphatic heterocycles. The molecule has 0 atom stereocenters. The van der Waals surface area contributed by atoms with E-state index in [9.17, 15) is 0 Å². The first-order valence-electron chi connectivity index (χ1n) is 5.40. The van der Waals surface area contributed by atoms with Gasteiger partial charge in [-0.1, -0.05) is 23.2 Å². The number of nitrogens with zero attached hydrogens (tertiary/aromatic N) is 2. The van der Waals surface area contributed by atoms with Gasteiger partial charge in [-0.05, 0) is 36.4 Å². The van der Waals surface area contributed by atoms with E-state index < -0.39 is 0 Å². The Morgan fingerprint density at radius 2 is 1.67 bits per heavy atom. The summed E-state index contributed by atoms with van der Waals surface area (Å²) < 4.78 is 0. The number of halogens is 2. The maximum atomic E-state index is 6.27. The lowest BCUT2D eigenvalue weighted by atomic mass is 10.1. The van der Waals surface area contributed by atoms with Gasteiger partial charge in [0.05, 0.1) is 16.2 Å². The van der Waals surface area contributed by atoms with Crippen molar-refractivity contribution in [2.24, 2.45) is 0 Å². The topological polar surface area (TPSA) is 25.8 Å². The van der Waals surface area contributed by atoms with E-state index in [1.807, 2.05) is 36.4 Å². The van der Waals surface area contributed by atoms with Crippen LogP contribution in [0.5, 0.6) is 0 Å². The highest BCUT2D eigenvalue weighted by molar-refractivity contribution is 6.37. The molecule has 2 nitrogen and oxygen atoms in total. The van der Waals surface area contributed by atoms with Crippen LogP contribution in [-0.2, 0) is 0 Å². The first-order valence-corrected chi connectivity index (χ1v) is 6.16. The molecule has 0 radical (unpaired) electrons. The number of aromatic nitrogens is 2. The number of benzene rings is 1. The van der Waals surface area contributed by atoms with E-state index in [2.05, 4.69) is 9.97 Å². The number of pyridine rings is 2. The minimum Gasteiger partial charge on any atom is -0.265 e. The van der Waals surface area contributed by atoms with Gasteiger partial charge in [-0.25, -0.2) is 4.98 Å². The van der Waals surface area contributed by atoms with Crippen LogP contribution in [0, 0.1) is 0 Å². The number of hydrogen-bond donors (Lipinski definition) is 0. The maximum absolute atomic E-state index is 6.27. The van der Waals surface area contributed by atoms with Crippen LogP contribution < -0.4 is 0 Å². The van der Waals surface area contributed by atoms with Gasteiger partial charge in [0, 0.05) is 28.4 Å². The molecule has 0 fully saturated rings. The minimum absolute atomic E-state index is 0.648. The Balaban J connectivity index is 2.25. The SMILES string of the molecule is Clc1ccc2nc(-c3ccncc3)cc(Cl)c2c1. The number of hydrogen-bond acceptors (Lipinski definition) is 2. The van der Waals surface area contributed by atoms with Gasteiger partial charge in [-0.3, -0.25) is 4.98 Å². The average molecular weight is 275 g/mol. The third kappa shape index (κ3) is 2.05. The molecule has 3 aromatic rings. The highest BCUT2D eigenvalue weighted by atomic mass is 35.5. The van der Waals surface area contributed by atoms with E-state index in [-0.39, 0.29) is 0 Å². The zero-order chi connectivity index (χ0) is 12.5. The molecule has 1 aromatic carbocycles. The van der Waals surface area contributed by atoms with E-state index in [0.29, 0.717) is 10.0 Å². The molecule has 0 bridgehead atoms. The van der Waals surface area contributed by atoms with Crippen LogP contribution in [0.15, 0.2) is 48.8 Å². The van der Waals surface area contributed by atoms with Crippen LogP contribution >= 0.6 is 23.2 Å². The van der Waals surface area contributed by atoms with Crippen LogP contribution in [0.1, 0.15) is 0 Å². The van der Waals surface area contributed by atoms with Crippen molar-refractivity contribution < 1.29 is 0 Å². The van der Waals surface area contributed by atoms with Gasteiger partial charge in [-0.15, -0.1) is 0 Å². The fourth-order valence-electron chi connectivity index (χ4n) is 1.83. The van der Waals surface area contributed by atoms with Crippen LogP contribution in [-0.4, -0.2) is 9.97 Å². The van der Waals surface area contributed by atoms with Gasteiger partial charge in [-0.2, -0.15) is 0 Å². The van der Waals surface area contributed by atoms with Crippen molar-refractivity contribution in [2.45, 2.75) is 0 Å². The number of rotatable bonds is 1. The van der Waals surface area contributed by atoms with Crippen LogP contribution in [0.4, 0.5) is 0 Å². The Hall–Kier alpha value is -1.64. The lowest BCUT2D eigenvalue weighted by molar-refractivity contribution is 1.31. The van der Waals surface area contributed by atoms with Crippen molar-refractivity contribution in [2.75, 3.05) is 0 Å². The third-order valence-corrected chi connectivity index (χ3v) is 3.24. The Morgan fingerprint density at radius 3 is 2.44 bits per heavy atom. The summed E-state index contributed by atoms with van der Waals surface area (Å²) in [5.74, 6) is 0.